The molecule has 32 heavy (non-hydrogen) atoms. The number of nitrogens with zero attached hydrogens (tertiary/aromatic N) is 1. The van der Waals surface area contributed by atoms with E-state index in [1.165, 1.54) is 21.3 Å². The van der Waals surface area contributed by atoms with Gasteiger partial charge >= 0.3 is 5.97 Å². The Hall–Kier alpha value is -3.10. The summed E-state index contributed by atoms with van der Waals surface area (Å²) in [5, 5.41) is 11.7. The molecule has 0 atom stereocenters. The minimum Gasteiger partial charge on any atom is -0.506 e. The highest BCUT2D eigenvalue weighted by Crippen LogP contribution is 2.44. The van der Waals surface area contributed by atoms with Crippen LogP contribution >= 0.6 is 23.4 Å². The van der Waals surface area contributed by atoms with Crippen LogP contribution in [0.25, 0.3) is 6.08 Å². The number of aliphatic hydroxyl groups is 1. The van der Waals surface area contributed by atoms with Gasteiger partial charge in [0, 0.05) is 10.6 Å². The first-order valence-corrected chi connectivity index (χ1v) is 10.8. The molecular formula is C23H22ClNO6S. The molecule has 0 amide bonds. The van der Waals surface area contributed by atoms with Gasteiger partial charge in [0.05, 0.1) is 38.5 Å². The topological polar surface area (TPSA) is 86.6 Å². The van der Waals surface area contributed by atoms with E-state index in [1.54, 1.807) is 49.4 Å². The summed E-state index contributed by atoms with van der Waals surface area (Å²) in [7, 11) is 4.54. The number of carbonyl (C=O) groups is 1. The van der Waals surface area contributed by atoms with E-state index in [0.717, 1.165) is 11.8 Å². The van der Waals surface area contributed by atoms with Gasteiger partial charge in [0.15, 0.2) is 11.5 Å². The van der Waals surface area contributed by atoms with Crippen molar-refractivity contribution < 1.29 is 28.8 Å². The van der Waals surface area contributed by atoms with Crippen molar-refractivity contribution in [2.75, 3.05) is 27.9 Å². The predicted molar refractivity (Wildman–Crippen MR) is 127 cm³/mol. The lowest BCUT2D eigenvalue weighted by molar-refractivity contribution is -0.138. The molecule has 2 aromatic rings. The Morgan fingerprint density at radius 3 is 2.50 bits per heavy atom. The smallest absolute Gasteiger partial charge is 0.344 e. The number of ether oxygens (including phenoxy) is 4. The number of halogens is 1. The average molecular weight is 476 g/mol. The number of thioether (sulfide) groups is 1. The summed E-state index contributed by atoms with van der Waals surface area (Å²) >= 11 is 7.19. The molecule has 1 N–H and O–H groups in total. The SMILES string of the molecule is CCOC(=O)C1=C(O)C(=Cc2ccc(OC)c(OC)c2OC)SC1=Nc1cccc(Cl)c1. The van der Waals surface area contributed by atoms with E-state index in [0.29, 0.717) is 43.5 Å². The lowest BCUT2D eigenvalue weighted by Gasteiger charge is -2.14. The second kappa shape index (κ2) is 10.5. The molecule has 2 aromatic carbocycles. The zero-order chi connectivity index (χ0) is 23.3. The molecule has 1 heterocycles. The molecule has 0 saturated heterocycles. The molecule has 3 rings (SSSR count). The number of carbonyl (C=O) groups excluding carboxylic acids is 1. The fraction of sp³-hybridized carbons (Fsp3) is 0.217. The van der Waals surface area contributed by atoms with E-state index in [1.807, 2.05) is 0 Å². The summed E-state index contributed by atoms with van der Waals surface area (Å²) < 4.78 is 21.4. The van der Waals surface area contributed by atoms with Crippen molar-refractivity contribution in [2.24, 2.45) is 4.99 Å². The van der Waals surface area contributed by atoms with E-state index < -0.39 is 5.97 Å². The normalized spacial score (nSPS) is 15.9. The molecule has 168 valence electrons. The maximum absolute atomic E-state index is 12.6. The van der Waals surface area contributed by atoms with Crippen molar-refractivity contribution in [3.8, 4) is 17.2 Å². The molecule has 0 bridgehead atoms. The van der Waals surface area contributed by atoms with E-state index in [4.69, 9.17) is 30.5 Å². The van der Waals surface area contributed by atoms with Gasteiger partial charge in [-0.05, 0) is 43.3 Å². The number of hydrogen-bond acceptors (Lipinski definition) is 8. The zero-order valence-electron chi connectivity index (χ0n) is 18.0. The first kappa shape index (κ1) is 23.6. The highest BCUT2D eigenvalue weighted by Gasteiger charge is 2.33. The highest BCUT2D eigenvalue weighted by molar-refractivity contribution is 8.18. The van der Waals surface area contributed by atoms with Crippen LogP contribution in [-0.4, -0.2) is 44.1 Å². The van der Waals surface area contributed by atoms with Gasteiger partial charge in [0.2, 0.25) is 5.75 Å². The number of hydrogen-bond donors (Lipinski definition) is 1. The largest absolute Gasteiger partial charge is 0.506 e. The van der Waals surface area contributed by atoms with Crippen molar-refractivity contribution in [1.82, 2.24) is 0 Å². The number of aliphatic imine (C=N–C) groups is 1. The Kier molecular flexibility index (Phi) is 7.71. The quantitative estimate of drug-likeness (QED) is 0.524. The average Bonchev–Trinajstić information content (AvgIpc) is 3.07. The van der Waals surface area contributed by atoms with Crippen LogP contribution in [0.5, 0.6) is 17.2 Å². The molecule has 1 aliphatic rings. The molecule has 0 radical (unpaired) electrons. The van der Waals surface area contributed by atoms with Gasteiger partial charge in [-0.15, -0.1) is 0 Å². The summed E-state index contributed by atoms with van der Waals surface area (Å²) in [4.78, 5) is 17.5. The Balaban J connectivity index is 2.12. The van der Waals surface area contributed by atoms with Gasteiger partial charge in [0.1, 0.15) is 16.4 Å². The summed E-state index contributed by atoms with van der Waals surface area (Å²) in [5.41, 5.74) is 1.15. The minimum absolute atomic E-state index is 0.0116. The molecule has 0 saturated carbocycles. The second-order valence-corrected chi connectivity index (χ2v) is 7.84. The van der Waals surface area contributed by atoms with Crippen molar-refractivity contribution in [3.05, 3.63) is 63.2 Å². The number of benzene rings is 2. The van der Waals surface area contributed by atoms with E-state index in [2.05, 4.69) is 4.99 Å². The predicted octanol–water partition coefficient (Wildman–Crippen LogP) is 5.56. The van der Waals surface area contributed by atoms with E-state index in [-0.39, 0.29) is 17.9 Å². The molecule has 9 heteroatoms. The number of methoxy groups -OCH3 is 3. The minimum atomic E-state index is -0.666. The van der Waals surface area contributed by atoms with Crippen molar-refractivity contribution >= 4 is 46.1 Å². The van der Waals surface area contributed by atoms with Crippen molar-refractivity contribution in [3.63, 3.8) is 0 Å². The van der Waals surface area contributed by atoms with Crippen LogP contribution in [0.15, 0.2) is 57.6 Å². The summed E-state index contributed by atoms with van der Waals surface area (Å²) in [6.45, 7) is 1.85. The molecule has 1 aliphatic heterocycles. The van der Waals surface area contributed by atoms with E-state index in [9.17, 15) is 9.90 Å². The van der Waals surface area contributed by atoms with Gasteiger partial charge in [0.25, 0.3) is 0 Å². The molecule has 0 aromatic heterocycles. The maximum Gasteiger partial charge on any atom is 0.344 e. The number of esters is 1. The summed E-state index contributed by atoms with van der Waals surface area (Å²) in [6.07, 6.45) is 1.68. The van der Waals surface area contributed by atoms with Crippen LogP contribution < -0.4 is 14.2 Å². The fourth-order valence-corrected chi connectivity index (χ4v) is 4.24. The first-order chi connectivity index (χ1) is 15.4. The number of rotatable bonds is 7. The molecule has 0 unspecified atom stereocenters. The fourth-order valence-electron chi connectivity index (χ4n) is 3.03. The Bertz CT molecular complexity index is 1130. The van der Waals surface area contributed by atoms with Crippen molar-refractivity contribution in [1.29, 1.82) is 0 Å². The molecule has 7 nitrogen and oxygen atoms in total. The third kappa shape index (κ3) is 4.87. The number of aliphatic hydroxyl groups excluding tert-OH is 1. The van der Waals surface area contributed by atoms with Crippen molar-refractivity contribution in [2.45, 2.75) is 6.92 Å². The third-order valence-electron chi connectivity index (χ3n) is 4.43. The standard InChI is InChI=1S/C23H22ClNO6S/c1-5-31-23(27)18-19(26)17(32-22(18)25-15-8-6-7-14(24)12-15)11-13-9-10-16(28-2)21(30-4)20(13)29-3/h6-12,26H,5H2,1-4H3. The van der Waals surface area contributed by atoms with Crippen LogP contribution in [-0.2, 0) is 9.53 Å². The summed E-state index contributed by atoms with van der Waals surface area (Å²) in [5.74, 6) is 0.438. The van der Waals surface area contributed by atoms with Crippen LogP contribution in [0.3, 0.4) is 0 Å². The third-order valence-corrected chi connectivity index (χ3v) is 5.69. The van der Waals surface area contributed by atoms with Gasteiger partial charge in [-0.2, -0.15) is 0 Å². The molecule has 0 spiro atoms. The van der Waals surface area contributed by atoms with Crippen LogP contribution in [0.2, 0.25) is 5.02 Å². The lowest BCUT2D eigenvalue weighted by atomic mass is 10.1. The molecule has 0 fully saturated rings. The lowest BCUT2D eigenvalue weighted by Crippen LogP contribution is -2.12. The monoisotopic (exact) mass is 475 g/mol. The first-order valence-electron chi connectivity index (χ1n) is 9.57. The van der Waals surface area contributed by atoms with Gasteiger partial charge in [-0.3, -0.25) is 0 Å². The zero-order valence-corrected chi connectivity index (χ0v) is 19.5. The van der Waals surface area contributed by atoms with Crippen LogP contribution in [0.1, 0.15) is 12.5 Å². The van der Waals surface area contributed by atoms with Crippen LogP contribution in [0, 0.1) is 0 Å². The molecular weight excluding hydrogens is 454 g/mol. The maximum atomic E-state index is 12.6. The van der Waals surface area contributed by atoms with Gasteiger partial charge in [-0.25, -0.2) is 9.79 Å². The Labute approximate surface area is 195 Å². The Morgan fingerprint density at radius 2 is 1.88 bits per heavy atom. The highest BCUT2D eigenvalue weighted by atomic mass is 35.5. The Morgan fingerprint density at radius 1 is 1.12 bits per heavy atom. The van der Waals surface area contributed by atoms with Crippen LogP contribution in [0.4, 0.5) is 5.69 Å². The summed E-state index contributed by atoms with van der Waals surface area (Å²) in [6, 6.07) is 10.4. The van der Waals surface area contributed by atoms with E-state index >= 15 is 0 Å². The van der Waals surface area contributed by atoms with Gasteiger partial charge < -0.3 is 24.1 Å². The molecule has 0 aliphatic carbocycles. The van der Waals surface area contributed by atoms with Gasteiger partial charge in [-0.1, -0.05) is 29.4 Å². The second-order valence-electron chi connectivity index (χ2n) is 6.38.